The van der Waals surface area contributed by atoms with Gasteiger partial charge in [0, 0.05) is 32.7 Å². The summed E-state index contributed by atoms with van der Waals surface area (Å²) < 4.78 is 0. The molecule has 1 rings (SSSR count). The largest absolute Gasteiger partial charge is 0.356 e. The van der Waals surface area contributed by atoms with Gasteiger partial charge in [-0.25, -0.2) is 0 Å². The molecular formula is C11H19N3O3. The van der Waals surface area contributed by atoms with Gasteiger partial charge in [-0.05, 0) is 6.42 Å². The minimum Gasteiger partial charge on any atom is -0.356 e. The zero-order valence-electron chi connectivity index (χ0n) is 10.1. The lowest BCUT2D eigenvalue weighted by Crippen LogP contribution is -2.49. The Morgan fingerprint density at radius 3 is 2.41 bits per heavy atom. The number of carbonyl (C=O) groups excluding carboxylic acids is 3. The summed E-state index contributed by atoms with van der Waals surface area (Å²) >= 11 is 0. The highest BCUT2D eigenvalue weighted by Crippen LogP contribution is 2.02. The molecule has 3 amide bonds. The summed E-state index contributed by atoms with van der Waals surface area (Å²) in [5.74, 6) is -0.390. The highest BCUT2D eigenvalue weighted by molar-refractivity contribution is 5.96. The summed E-state index contributed by atoms with van der Waals surface area (Å²) in [5.41, 5.74) is 0. The standard InChI is InChI=1S/C11H19N3O3/c1-2-3-12-10(16)8-11(17)14-6-4-13(9-15)5-7-14/h9H,2-8H2,1H3,(H,12,16). The summed E-state index contributed by atoms with van der Waals surface area (Å²) in [6, 6.07) is 0. The van der Waals surface area contributed by atoms with Gasteiger partial charge in [0.05, 0.1) is 0 Å². The lowest BCUT2D eigenvalue weighted by molar-refractivity contribution is -0.138. The second-order valence-electron chi connectivity index (χ2n) is 4.05. The van der Waals surface area contributed by atoms with Crippen molar-refractivity contribution in [1.82, 2.24) is 15.1 Å². The summed E-state index contributed by atoms with van der Waals surface area (Å²) in [4.78, 5) is 36.8. The minimum atomic E-state index is -0.227. The van der Waals surface area contributed by atoms with Crippen molar-refractivity contribution in [3.63, 3.8) is 0 Å². The van der Waals surface area contributed by atoms with Gasteiger partial charge in [0.1, 0.15) is 6.42 Å². The Hall–Kier alpha value is -1.59. The van der Waals surface area contributed by atoms with Gasteiger partial charge in [-0.2, -0.15) is 0 Å². The quantitative estimate of drug-likeness (QED) is 0.506. The van der Waals surface area contributed by atoms with E-state index in [2.05, 4.69) is 5.32 Å². The second kappa shape index (κ2) is 6.88. The number of carbonyl (C=O) groups is 3. The van der Waals surface area contributed by atoms with E-state index < -0.39 is 0 Å². The van der Waals surface area contributed by atoms with Gasteiger partial charge in [-0.15, -0.1) is 0 Å². The van der Waals surface area contributed by atoms with E-state index in [-0.39, 0.29) is 18.2 Å². The Balaban J connectivity index is 2.29. The SMILES string of the molecule is CCCNC(=O)CC(=O)N1CCN(C=O)CC1. The number of nitrogens with one attached hydrogen (secondary N) is 1. The van der Waals surface area contributed by atoms with Crippen LogP contribution in [0.5, 0.6) is 0 Å². The molecule has 0 aromatic carbocycles. The summed E-state index contributed by atoms with van der Waals surface area (Å²) in [6.45, 7) is 4.68. The van der Waals surface area contributed by atoms with Crippen LogP contribution in [0.15, 0.2) is 0 Å². The molecule has 0 spiro atoms. The zero-order valence-corrected chi connectivity index (χ0v) is 10.1. The number of hydrogen-bond acceptors (Lipinski definition) is 3. The van der Waals surface area contributed by atoms with Gasteiger partial charge >= 0.3 is 0 Å². The van der Waals surface area contributed by atoms with Crippen LogP contribution in [-0.4, -0.2) is 60.7 Å². The third-order valence-corrected chi connectivity index (χ3v) is 2.70. The van der Waals surface area contributed by atoms with Crippen LogP contribution in [0.2, 0.25) is 0 Å². The van der Waals surface area contributed by atoms with Crippen LogP contribution < -0.4 is 5.32 Å². The van der Waals surface area contributed by atoms with E-state index in [1.54, 1.807) is 9.80 Å². The Morgan fingerprint density at radius 2 is 1.88 bits per heavy atom. The fraction of sp³-hybridized carbons (Fsp3) is 0.727. The molecule has 96 valence electrons. The maximum Gasteiger partial charge on any atom is 0.232 e. The maximum absolute atomic E-state index is 11.7. The van der Waals surface area contributed by atoms with Crippen LogP contribution in [0.4, 0.5) is 0 Å². The second-order valence-corrected chi connectivity index (χ2v) is 4.05. The molecule has 1 aliphatic heterocycles. The van der Waals surface area contributed by atoms with Crippen LogP contribution in [0.25, 0.3) is 0 Å². The Labute approximate surface area is 101 Å². The first kappa shape index (κ1) is 13.5. The van der Waals surface area contributed by atoms with E-state index in [0.717, 1.165) is 12.8 Å². The number of hydrogen-bond donors (Lipinski definition) is 1. The number of rotatable bonds is 5. The molecule has 0 aliphatic carbocycles. The zero-order chi connectivity index (χ0) is 12.7. The fourth-order valence-corrected chi connectivity index (χ4v) is 1.65. The molecule has 0 aromatic heterocycles. The van der Waals surface area contributed by atoms with E-state index in [4.69, 9.17) is 0 Å². The smallest absolute Gasteiger partial charge is 0.232 e. The van der Waals surface area contributed by atoms with E-state index in [1.807, 2.05) is 6.92 Å². The summed E-state index contributed by atoms with van der Waals surface area (Å²) in [7, 11) is 0. The molecule has 0 bridgehead atoms. The first-order chi connectivity index (χ1) is 8.17. The third kappa shape index (κ3) is 4.42. The molecule has 0 unspecified atom stereocenters. The van der Waals surface area contributed by atoms with Gasteiger partial charge in [-0.3, -0.25) is 14.4 Å². The lowest BCUT2D eigenvalue weighted by Gasteiger charge is -2.32. The van der Waals surface area contributed by atoms with Gasteiger partial charge in [0.2, 0.25) is 18.2 Å². The highest BCUT2D eigenvalue weighted by Gasteiger charge is 2.21. The topological polar surface area (TPSA) is 69.7 Å². The van der Waals surface area contributed by atoms with E-state index in [9.17, 15) is 14.4 Å². The molecule has 6 heteroatoms. The van der Waals surface area contributed by atoms with Gasteiger partial charge < -0.3 is 15.1 Å². The molecule has 17 heavy (non-hydrogen) atoms. The molecule has 6 nitrogen and oxygen atoms in total. The van der Waals surface area contributed by atoms with Crippen LogP contribution >= 0.6 is 0 Å². The first-order valence-corrected chi connectivity index (χ1v) is 5.91. The Bertz CT molecular complexity index is 286. The minimum absolute atomic E-state index is 0.0961. The molecule has 0 aromatic rings. The lowest BCUT2D eigenvalue weighted by atomic mass is 10.2. The van der Waals surface area contributed by atoms with Crippen molar-refractivity contribution in [2.24, 2.45) is 0 Å². The molecule has 1 heterocycles. The van der Waals surface area contributed by atoms with Crippen LogP contribution in [0, 0.1) is 0 Å². The van der Waals surface area contributed by atoms with Gasteiger partial charge in [-0.1, -0.05) is 6.92 Å². The van der Waals surface area contributed by atoms with Crippen LogP contribution in [0.3, 0.4) is 0 Å². The number of piperazine rings is 1. The number of nitrogens with zero attached hydrogens (tertiary/aromatic N) is 2. The Kier molecular flexibility index (Phi) is 5.45. The van der Waals surface area contributed by atoms with Crippen molar-refractivity contribution in [2.75, 3.05) is 32.7 Å². The molecule has 1 aliphatic rings. The maximum atomic E-state index is 11.7. The van der Waals surface area contributed by atoms with Crippen molar-refractivity contribution in [3.8, 4) is 0 Å². The third-order valence-electron chi connectivity index (χ3n) is 2.70. The molecule has 1 N–H and O–H groups in total. The normalized spacial score (nSPS) is 15.6. The van der Waals surface area contributed by atoms with Crippen molar-refractivity contribution in [3.05, 3.63) is 0 Å². The summed E-state index contributed by atoms with van der Waals surface area (Å²) in [5, 5.41) is 2.67. The molecule has 1 saturated heterocycles. The molecular weight excluding hydrogens is 222 g/mol. The van der Waals surface area contributed by atoms with Crippen LogP contribution in [0.1, 0.15) is 19.8 Å². The Morgan fingerprint density at radius 1 is 1.24 bits per heavy atom. The van der Waals surface area contributed by atoms with Crippen molar-refractivity contribution in [2.45, 2.75) is 19.8 Å². The van der Waals surface area contributed by atoms with E-state index in [1.165, 1.54) is 0 Å². The predicted octanol–water partition coefficient (Wildman–Crippen LogP) is -0.797. The molecule has 0 atom stereocenters. The van der Waals surface area contributed by atoms with E-state index >= 15 is 0 Å². The monoisotopic (exact) mass is 241 g/mol. The molecule has 1 fully saturated rings. The van der Waals surface area contributed by atoms with Gasteiger partial charge in [0.25, 0.3) is 0 Å². The molecule has 0 radical (unpaired) electrons. The first-order valence-electron chi connectivity index (χ1n) is 5.91. The van der Waals surface area contributed by atoms with Crippen molar-refractivity contribution < 1.29 is 14.4 Å². The van der Waals surface area contributed by atoms with Crippen molar-refractivity contribution >= 4 is 18.2 Å². The van der Waals surface area contributed by atoms with Crippen molar-refractivity contribution in [1.29, 1.82) is 0 Å². The van der Waals surface area contributed by atoms with E-state index in [0.29, 0.717) is 32.7 Å². The fourth-order valence-electron chi connectivity index (χ4n) is 1.65. The van der Waals surface area contributed by atoms with Crippen LogP contribution in [-0.2, 0) is 14.4 Å². The average molecular weight is 241 g/mol. The molecule has 0 saturated carbocycles. The predicted molar refractivity (Wildman–Crippen MR) is 62.1 cm³/mol. The average Bonchev–Trinajstić information content (AvgIpc) is 2.36. The number of amides is 3. The highest BCUT2D eigenvalue weighted by atomic mass is 16.2. The van der Waals surface area contributed by atoms with Gasteiger partial charge in [0.15, 0.2) is 0 Å². The summed E-state index contributed by atoms with van der Waals surface area (Å²) in [6.07, 6.45) is 1.55.